The molecule has 3 rings (SSSR count). The largest absolute Gasteiger partial charge is 0.495 e. The molecule has 2 fully saturated rings. The molecule has 0 spiro atoms. The Hall–Kier alpha value is -1.35. The Kier molecular flexibility index (Phi) is 6.90. The van der Waals surface area contributed by atoms with Gasteiger partial charge in [-0.1, -0.05) is 0 Å². The van der Waals surface area contributed by atoms with Gasteiger partial charge in [-0.3, -0.25) is 4.79 Å². The van der Waals surface area contributed by atoms with Gasteiger partial charge >= 0.3 is 0 Å². The van der Waals surface area contributed by atoms with E-state index < -0.39 is 10.0 Å². The van der Waals surface area contributed by atoms with E-state index in [2.05, 4.69) is 0 Å². The monoisotopic (exact) mass is 403 g/mol. The van der Waals surface area contributed by atoms with Crippen LogP contribution in [0.15, 0.2) is 23.1 Å². The number of sulfonamides is 1. The molecule has 1 amide bonds. The third kappa shape index (κ3) is 3.98. The number of halogens is 1. The summed E-state index contributed by atoms with van der Waals surface area (Å²) in [5, 5.41) is 0. The number of carbonyl (C=O) groups is 1. The summed E-state index contributed by atoms with van der Waals surface area (Å²) in [6.07, 6.45) is 2.60. The van der Waals surface area contributed by atoms with Crippen molar-refractivity contribution in [1.82, 2.24) is 9.21 Å². The number of nitrogens with zero attached hydrogens (tertiary/aromatic N) is 2. The van der Waals surface area contributed by atoms with Crippen LogP contribution in [0, 0.1) is 5.92 Å². The number of amides is 1. The Balaban J connectivity index is 0.00000243. The molecule has 0 aliphatic carbocycles. The van der Waals surface area contributed by atoms with Crippen molar-refractivity contribution in [3.8, 4) is 5.75 Å². The molecule has 2 heterocycles. The quantitative estimate of drug-likeness (QED) is 0.800. The van der Waals surface area contributed by atoms with Crippen LogP contribution in [0.4, 0.5) is 0 Å². The molecule has 0 bridgehead atoms. The first-order valence-electron chi connectivity index (χ1n) is 8.65. The van der Waals surface area contributed by atoms with Crippen molar-refractivity contribution in [3.63, 3.8) is 0 Å². The summed E-state index contributed by atoms with van der Waals surface area (Å²) in [7, 11) is -2.22. The van der Waals surface area contributed by atoms with Crippen molar-refractivity contribution >= 4 is 28.3 Å². The molecule has 1 aromatic carbocycles. The lowest BCUT2D eigenvalue weighted by atomic mass is 10.1. The zero-order valence-corrected chi connectivity index (χ0v) is 16.5. The van der Waals surface area contributed by atoms with Crippen molar-refractivity contribution < 1.29 is 17.9 Å². The van der Waals surface area contributed by atoms with Crippen molar-refractivity contribution in [2.45, 2.75) is 24.2 Å². The second kappa shape index (κ2) is 8.56. The normalized spacial score (nSPS) is 20.8. The molecule has 0 radical (unpaired) electrons. The van der Waals surface area contributed by atoms with Crippen LogP contribution in [-0.4, -0.2) is 63.4 Å². The van der Waals surface area contributed by atoms with Gasteiger partial charge in [0.05, 0.1) is 7.11 Å². The lowest BCUT2D eigenvalue weighted by Crippen LogP contribution is -2.31. The predicted molar refractivity (Wildman–Crippen MR) is 101 cm³/mol. The molecule has 2 aliphatic rings. The lowest BCUT2D eigenvalue weighted by Gasteiger charge is -2.20. The van der Waals surface area contributed by atoms with Gasteiger partial charge in [-0.15, -0.1) is 12.4 Å². The standard InChI is InChI=1S/C17H25N3O4S.ClH/c1-24-15-5-4-14(17(21)19-9-6-13(11-18)12-19)10-16(15)25(22,23)20-7-2-3-8-20;/h4-5,10,13H,2-3,6-9,11-12,18H2,1H3;1H. The lowest BCUT2D eigenvalue weighted by molar-refractivity contribution is 0.0787. The zero-order valence-electron chi connectivity index (χ0n) is 14.9. The first kappa shape index (κ1) is 21.0. The molecule has 7 nitrogen and oxygen atoms in total. The van der Waals surface area contributed by atoms with E-state index in [0.29, 0.717) is 44.2 Å². The van der Waals surface area contributed by atoms with Gasteiger partial charge in [0.25, 0.3) is 5.91 Å². The highest BCUT2D eigenvalue weighted by Gasteiger charge is 2.32. The molecule has 2 saturated heterocycles. The molecule has 2 aliphatic heterocycles. The first-order valence-corrected chi connectivity index (χ1v) is 10.1. The SMILES string of the molecule is COc1ccc(C(=O)N2CCC(CN)C2)cc1S(=O)(=O)N1CCCC1.Cl. The predicted octanol–water partition coefficient (Wildman–Crippen LogP) is 1.32. The fourth-order valence-electron chi connectivity index (χ4n) is 3.47. The van der Waals surface area contributed by atoms with Gasteiger partial charge in [0.15, 0.2) is 0 Å². The number of ether oxygens (including phenoxy) is 1. The molecule has 0 aromatic heterocycles. The van der Waals surface area contributed by atoms with Crippen LogP contribution in [0.1, 0.15) is 29.6 Å². The van der Waals surface area contributed by atoms with Crippen LogP contribution in [0.25, 0.3) is 0 Å². The van der Waals surface area contributed by atoms with Gasteiger partial charge in [-0.05, 0) is 49.9 Å². The highest BCUT2D eigenvalue weighted by Crippen LogP contribution is 2.30. The molecular weight excluding hydrogens is 378 g/mol. The Morgan fingerprint density at radius 3 is 2.54 bits per heavy atom. The van der Waals surface area contributed by atoms with E-state index in [4.69, 9.17) is 10.5 Å². The van der Waals surface area contributed by atoms with Crippen LogP contribution in [0.5, 0.6) is 5.75 Å². The third-order valence-electron chi connectivity index (χ3n) is 5.00. The van der Waals surface area contributed by atoms with E-state index >= 15 is 0 Å². The molecule has 1 unspecified atom stereocenters. The molecular formula is C17H26ClN3O4S. The summed E-state index contributed by atoms with van der Waals surface area (Å²) >= 11 is 0. The van der Waals surface area contributed by atoms with Crippen molar-refractivity contribution in [2.75, 3.05) is 39.8 Å². The number of rotatable bonds is 5. The number of methoxy groups -OCH3 is 1. The van der Waals surface area contributed by atoms with E-state index in [1.165, 1.54) is 17.5 Å². The maximum absolute atomic E-state index is 12.9. The van der Waals surface area contributed by atoms with E-state index in [1.807, 2.05) is 0 Å². The van der Waals surface area contributed by atoms with E-state index in [9.17, 15) is 13.2 Å². The van der Waals surface area contributed by atoms with Crippen molar-refractivity contribution in [2.24, 2.45) is 11.7 Å². The van der Waals surface area contributed by atoms with Gasteiger partial charge in [-0.2, -0.15) is 4.31 Å². The topological polar surface area (TPSA) is 92.9 Å². The Bertz CT molecular complexity index is 750. The number of carbonyl (C=O) groups excluding carboxylic acids is 1. The molecule has 0 saturated carbocycles. The van der Waals surface area contributed by atoms with Gasteiger partial charge in [0, 0.05) is 31.7 Å². The molecule has 26 heavy (non-hydrogen) atoms. The smallest absolute Gasteiger partial charge is 0.253 e. The summed E-state index contributed by atoms with van der Waals surface area (Å²) in [4.78, 5) is 14.6. The fourth-order valence-corrected chi connectivity index (χ4v) is 5.17. The Labute approximate surface area is 160 Å². The van der Waals surface area contributed by atoms with Crippen LogP contribution in [-0.2, 0) is 10.0 Å². The molecule has 2 N–H and O–H groups in total. The number of hydrogen-bond acceptors (Lipinski definition) is 5. The first-order chi connectivity index (χ1) is 12.0. The fraction of sp³-hybridized carbons (Fsp3) is 0.588. The van der Waals surface area contributed by atoms with Crippen LogP contribution >= 0.6 is 12.4 Å². The van der Waals surface area contributed by atoms with E-state index in [1.54, 1.807) is 17.0 Å². The summed E-state index contributed by atoms with van der Waals surface area (Å²) in [5.41, 5.74) is 6.06. The molecule has 1 atom stereocenters. The second-order valence-corrected chi connectivity index (χ2v) is 8.52. The van der Waals surface area contributed by atoms with Gasteiger partial charge < -0.3 is 15.4 Å². The molecule has 146 valence electrons. The minimum Gasteiger partial charge on any atom is -0.495 e. The zero-order chi connectivity index (χ0) is 18.0. The average Bonchev–Trinajstić information content (AvgIpc) is 3.32. The Morgan fingerprint density at radius 2 is 1.96 bits per heavy atom. The summed E-state index contributed by atoms with van der Waals surface area (Å²) in [6, 6.07) is 4.64. The highest BCUT2D eigenvalue weighted by atomic mass is 35.5. The van der Waals surface area contributed by atoms with E-state index in [0.717, 1.165) is 19.3 Å². The third-order valence-corrected chi connectivity index (χ3v) is 6.92. The van der Waals surface area contributed by atoms with Crippen LogP contribution in [0.3, 0.4) is 0 Å². The number of nitrogens with two attached hydrogens (primary N) is 1. The number of hydrogen-bond donors (Lipinski definition) is 1. The Morgan fingerprint density at radius 1 is 1.27 bits per heavy atom. The second-order valence-electron chi connectivity index (χ2n) is 6.62. The van der Waals surface area contributed by atoms with Crippen LogP contribution < -0.4 is 10.5 Å². The number of likely N-dealkylation sites (tertiary alicyclic amines) is 1. The van der Waals surface area contributed by atoms with E-state index in [-0.39, 0.29) is 29.0 Å². The minimum absolute atomic E-state index is 0. The van der Waals surface area contributed by atoms with Crippen molar-refractivity contribution in [1.29, 1.82) is 0 Å². The maximum Gasteiger partial charge on any atom is 0.253 e. The number of benzene rings is 1. The molecule has 9 heteroatoms. The van der Waals surface area contributed by atoms with Gasteiger partial charge in [0.1, 0.15) is 10.6 Å². The molecule has 1 aromatic rings. The highest BCUT2D eigenvalue weighted by molar-refractivity contribution is 7.89. The van der Waals surface area contributed by atoms with Crippen LogP contribution in [0.2, 0.25) is 0 Å². The van der Waals surface area contributed by atoms with Crippen molar-refractivity contribution in [3.05, 3.63) is 23.8 Å². The minimum atomic E-state index is -3.66. The van der Waals surface area contributed by atoms with Gasteiger partial charge in [-0.25, -0.2) is 8.42 Å². The maximum atomic E-state index is 12.9. The average molecular weight is 404 g/mol. The van der Waals surface area contributed by atoms with Gasteiger partial charge in [0.2, 0.25) is 10.0 Å². The summed E-state index contributed by atoms with van der Waals surface area (Å²) < 4.78 is 32.5. The summed E-state index contributed by atoms with van der Waals surface area (Å²) in [6.45, 7) is 2.85. The summed E-state index contributed by atoms with van der Waals surface area (Å²) in [5.74, 6) is 0.427.